The average Bonchev–Trinajstić information content (AvgIpc) is 3.57. The van der Waals surface area contributed by atoms with E-state index in [1.165, 1.54) is 35.6 Å². The number of rotatable bonds is 5. The zero-order valence-electron chi connectivity index (χ0n) is 24.0. The lowest BCUT2D eigenvalue weighted by Gasteiger charge is -2.11. The Labute approximate surface area is 226 Å². The predicted molar refractivity (Wildman–Crippen MR) is 157 cm³/mol. The summed E-state index contributed by atoms with van der Waals surface area (Å²) < 4.78 is 4.65. The van der Waals surface area contributed by atoms with Crippen LogP contribution in [0.3, 0.4) is 0 Å². The minimum atomic E-state index is -0.311. The third-order valence-corrected chi connectivity index (χ3v) is 6.74. The molecule has 0 saturated carbocycles. The van der Waals surface area contributed by atoms with Gasteiger partial charge < -0.3 is 5.32 Å². The van der Waals surface area contributed by atoms with Crippen LogP contribution in [0.15, 0.2) is 64.2 Å². The van der Waals surface area contributed by atoms with Crippen LogP contribution in [0.25, 0.3) is 11.0 Å². The van der Waals surface area contributed by atoms with Gasteiger partial charge in [0.2, 0.25) is 0 Å². The summed E-state index contributed by atoms with van der Waals surface area (Å²) in [5.41, 5.74) is 4.44. The lowest BCUT2D eigenvalue weighted by atomic mass is 10.0. The first-order valence-corrected chi connectivity index (χ1v) is 13.8. The molecule has 7 heteroatoms. The molecule has 1 aliphatic rings. The van der Waals surface area contributed by atoms with Crippen molar-refractivity contribution >= 4 is 11.0 Å². The van der Waals surface area contributed by atoms with Gasteiger partial charge in [-0.25, -0.2) is 4.79 Å². The summed E-state index contributed by atoms with van der Waals surface area (Å²) >= 11 is 0. The van der Waals surface area contributed by atoms with Crippen molar-refractivity contribution in [1.82, 2.24) is 24.2 Å². The maximum Gasteiger partial charge on any atom is 0.332 e. The van der Waals surface area contributed by atoms with E-state index >= 15 is 0 Å². The van der Waals surface area contributed by atoms with Gasteiger partial charge in [-0.2, -0.15) is 5.10 Å². The number of nitrogens with zero attached hydrogens (tertiary/aromatic N) is 4. The van der Waals surface area contributed by atoms with Crippen molar-refractivity contribution in [3.63, 3.8) is 0 Å². The van der Waals surface area contributed by atoms with Crippen LogP contribution in [0.2, 0.25) is 0 Å². The van der Waals surface area contributed by atoms with E-state index < -0.39 is 0 Å². The molecule has 1 fully saturated rings. The molecule has 0 aliphatic carbocycles. The maximum atomic E-state index is 12.8. The standard InChI is InChI=1S/C22H29N5O2.C7H8.C2H6/c1-14(2)12-26-20-19(21(28)25(4)22(26)29)15(3)27(24-20)13-16-7-9-17(10-8-16)18-6-5-11-23-18;1-7-5-3-2-4-6-7;1-2/h7-10,14,18,23H,5-6,11-13H2,1-4H3;2-6H,1H3;1-2H3. The number of hydrogen-bond donors (Lipinski definition) is 1. The van der Waals surface area contributed by atoms with Gasteiger partial charge in [-0.3, -0.25) is 18.6 Å². The molecule has 204 valence electrons. The highest BCUT2D eigenvalue weighted by Gasteiger charge is 2.20. The first-order valence-electron chi connectivity index (χ1n) is 13.8. The van der Waals surface area contributed by atoms with Crippen LogP contribution in [-0.4, -0.2) is 25.5 Å². The van der Waals surface area contributed by atoms with Crippen molar-refractivity contribution in [2.45, 2.75) is 73.5 Å². The highest BCUT2D eigenvalue weighted by atomic mass is 16.2. The molecule has 0 radical (unpaired) electrons. The Kier molecular flexibility index (Phi) is 10.2. The van der Waals surface area contributed by atoms with Crippen molar-refractivity contribution in [2.24, 2.45) is 13.0 Å². The number of hydrogen-bond acceptors (Lipinski definition) is 4. The normalized spacial score (nSPS) is 14.7. The van der Waals surface area contributed by atoms with Crippen LogP contribution in [0, 0.1) is 19.8 Å². The molecule has 5 rings (SSSR count). The van der Waals surface area contributed by atoms with Gasteiger partial charge in [-0.15, -0.1) is 0 Å². The number of nitrogens with one attached hydrogen (secondary N) is 1. The van der Waals surface area contributed by atoms with E-state index in [0.717, 1.165) is 17.8 Å². The van der Waals surface area contributed by atoms with E-state index in [4.69, 9.17) is 0 Å². The largest absolute Gasteiger partial charge is 0.332 e. The summed E-state index contributed by atoms with van der Waals surface area (Å²) in [6.45, 7) is 14.3. The van der Waals surface area contributed by atoms with Crippen molar-refractivity contribution in [3.8, 4) is 0 Å². The minimum Gasteiger partial charge on any atom is -0.310 e. The third kappa shape index (κ3) is 6.70. The maximum absolute atomic E-state index is 12.8. The molecule has 1 saturated heterocycles. The molecule has 1 N–H and O–H groups in total. The van der Waals surface area contributed by atoms with Crippen LogP contribution >= 0.6 is 0 Å². The van der Waals surface area contributed by atoms with Gasteiger partial charge in [0.25, 0.3) is 5.56 Å². The summed E-state index contributed by atoms with van der Waals surface area (Å²) in [5, 5.41) is 8.72. The van der Waals surface area contributed by atoms with Gasteiger partial charge in [0.1, 0.15) is 5.39 Å². The Morgan fingerprint density at radius 2 is 1.66 bits per heavy atom. The van der Waals surface area contributed by atoms with Gasteiger partial charge in [0.05, 0.1) is 12.2 Å². The highest BCUT2D eigenvalue weighted by Crippen LogP contribution is 2.23. The van der Waals surface area contributed by atoms with Crippen LogP contribution in [0.4, 0.5) is 0 Å². The topological polar surface area (TPSA) is 73.8 Å². The second kappa shape index (κ2) is 13.4. The summed E-state index contributed by atoms with van der Waals surface area (Å²) in [5.74, 6) is 0.274. The molecule has 3 heterocycles. The molecule has 2 aromatic heterocycles. The molecular weight excluding hydrogens is 474 g/mol. The highest BCUT2D eigenvalue weighted by molar-refractivity contribution is 5.77. The second-order valence-electron chi connectivity index (χ2n) is 10.1. The molecule has 1 atom stereocenters. The first kappa shape index (κ1) is 29.1. The summed E-state index contributed by atoms with van der Waals surface area (Å²) in [4.78, 5) is 25.4. The lowest BCUT2D eigenvalue weighted by molar-refractivity contribution is 0.497. The fourth-order valence-corrected chi connectivity index (χ4v) is 4.71. The van der Waals surface area contributed by atoms with Crippen LogP contribution in [0.5, 0.6) is 0 Å². The Balaban J connectivity index is 0.000000381. The van der Waals surface area contributed by atoms with Gasteiger partial charge in [0.15, 0.2) is 5.65 Å². The number of fused-ring (bicyclic) bond motifs is 1. The van der Waals surface area contributed by atoms with E-state index in [2.05, 4.69) is 53.7 Å². The van der Waals surface area contributed by atoms with Gasteiger partial charge >= 0.3 is 5.69 Å². The lowest BCUT2D eigenvalue weighted by Crippen LogP contribution is -2.38. The molecule has 1 aliphatic heterocycles. The monoisotopic (exact) mass is 517 g/mol. The minimum absolute atomic E-state index is 0.274. The molecule has 2 aromatic carbocycles. The molecular formula is C31H43N5O2. The van der Waals surface area contributed by atoms with E-state index in [1.807, 2.05) is 57.5 Å². The summed E-state index contributed by atoms with van der Waals surface area (Å²) in [6, 6.07) is 19.3. The smallest absolute Gasteiger partial charge is 0.310 e. The third-order valence-electron chi connectivity index (χ3n) is 6.74. The molecule has 4 aromatic rings. The molecule has 0 spiro atoms. The van der Waals surface area contributed by atoms with Crippen LogP contribution in [-0.2, 0) is 20.1 Å². The van der Waals surface area contributed by atoms with Crippen LogP contribution in [0.1, 0.15) is 69.0 Å². The van der Waals surface area contributed by atoms with E-state index in [0.29, 0.717) is 30.2 Å². The molecule has 38 heavy (non-hydrogen) atoms. The van der Waals surface area contributed by atoms with E-state index in [9.17, 15) is 9.59 Å². The van der Waals surface area contributed by atoms with Gasteiger partial charge in [0, 0.05) is 19.6 Å². The quantitative estimate of drug-likeness (QED) is 0.387. The van der Waals surface area contributed by atoms with Gasteiger partial charge in [-0.1, -0.05) is 87.9 Å². The van der Waals surface area contributed by atoms with Crippen molar-refractivity contribution in [1.29, 1.82) is 0 Å². The van der Waals surface area contributed by atoms with Gasteiger partial charge in [-0.05, 0) is 50.3 Å². The number of aryl methyl sites for hydroxylation is 2. The van der Waals surface area contributed by atoms with Crippen LogP contribution < -0.4 is 16.6 Å². The average molecular weight is 518 g/mol. The predicted octanol–water partition coefficient (Wildman–Crippen LogP) is 5.36. The molecule has 7 nitrogen and oxygen atoms in total. The Morgan fingerprint density at radius 3 is 2.18 bits per heavy atom. The molecule has 0 bridgehead atoms. The van der Waals surface area contributed by atoms with E-state index in [1.54, 1.807) is 4.57 Å². The Bertz CT molecular complexity index is 1420. The SMILES string of the molecule is CC.Cc1c2c(=O)n(C)c(=O)n(CC(C)C)c2nn1Cc1ccc(C2CCCN2)cc1.Cc1ccccc1. The van der Waals surface area contributed by atoms with E-state index in [-0.39, 0.29) is 17.2 Å². The fraction of sp³-hybridized carbons (Fsp3) is 0.452. The van der Waals surface area contributed by atoms with Crippen molar-refractivity contribution in [3.05, 3.63) is 97.8 Å². The molecule has 1 unspecified atom stereocenters. The Morgan fingerprint density at radius 1 is 1.00 bits per heavy atom. The Hall–Kier alpha value is -3.45. The fourth-order valence-electron chi connectivity index (χ4n) is 4.71. The molecule has 0 amide bonds. The van der Waals surface area contributed by atoms with Crippen molar-refractivity contribution in [2.75, 3.05) is 6.54 Å². The zero-order valence-corrected chi connectivity index (χ0v) is 24.0. The van der Waals surface area contributed by atoms with Crippen molar-refractivity contribution < 1.29 is 0 Å². The number of benzene rings is 2. The first-order chi connectivity index (χ1) is 18.3. The second-order valence-corrected chi connectivity index (χ2v) is 10.1. The summed E-state index contributed by atoms with van der Waals surface area (Å²) in [6.07, 6.45) is 2.40. The number of aromatic nitrogens is 4. The zero-order chi connectivity index (χ0) is 27.8. The summed E-state index contributed by atoms with van der Waals surface area (Å²) in [7, 11) is 1.54.